The fourth-order valence-electron chi connectivity index (χ4n) is 0.980. The van der Waals surface area contributed by atoms with Gasteiger partial charge < -0.3 is 0 Å². The first-order chi connectivity index (χ1) is 4.76. The molecule has 2 heteroatoms. The second-order valence-electron chi connectivity index (χ2n) is 2.50. The summed E-state index contributed by atoms with van der Waals surface area (Å²) in [5, 5.41) is 1.68. The molecule has 0 radical (unpaired) electrons. The zero-order chi connectivity index (χ0) is 7.98. The van der Waals surface area contributed by atoms with Gasteiger partial charge in [0.05, 0.1) is 0 Å². The Morgan fingerprint density at radius 1 is 1.20 bits per heavy atom. The highest BCUT2D eigenvalue weighted by Gasteiger charge is 2.12. The van der Waals surface area contributed by atoms with E-state index in [1.807, 2.05) is 23.5 Å². The Balaban J connectivity index is 3.56. The maximum absolute atomic E-state index is 2.32. The molecule has 0 rings (SSSR count). The van der Waals surface area contributed by atoms with E-state index in [9.17, 15) is 0 Å². The van der Waals surface area contributed by atoms with E-state index < -0.39 is 0 Å². The van der Waals surface area contributed by atoms with Gasteiger partial charge in [-0.1, -0.05) is 20.3 Å². The normalized spacial score (nSPS) is 16.8. The van der Waals surface area contributed by atoms with Gasteiger partial charge in [0.1, 0.15) is 0 Å². The fourth-order valence-corrected chi connectivity index (χ4v) is 2.94. The lowest BCUT2D eigenvalue weighted by Crippen LogP contribution is -2.15. The van der Waals surface area contributed by atoms with E-state index in [2.05, 4.69) is 26.4 Å². The monoisotopic (exact) mass is 178 g/mol. The minimum absolute atomic E-state index is 0.815. The van der Waals surface area contributed by atoms with Crippen molar-refractivity contribution < 1.29 is 0 Å². The average molecular weight is 178 g/mol. The van der Waals surface area contributed by atoms with Crippen LogP contribution in [0.25, 0.3) is 0 Å². The van der Waals surface area contributed by atoms with Crippen molar-refractivity contribution in [3.8, 4) is 0 Å². The van der Waals surface area contributed by atoms with Gasteiger partial charge in [-0.05, 0) is 18.9 Å². The van der Waals surface area contributed by atoms with E-state index in [4.69, 9.17) is 0 Å². The summed E-state index contributed by atoms with van der Waals surface area (Å²) in [6.07, 6.45) is 7.09. The van der Waals surface area contributed by atoms with Crippen molar-refractivity contribution in [1.29, 1.82) is 0 Å². The third-order valence-corrected chi connectivity index (χ3v) is 4.27. The number of thioether (sulfide) groups is 2. The van der Waals surface area contributed by atoms with Gasteiger partial charge in [0.15, 0.2) is 0 Å². The molecule has 0 spiro atoms. The summed E-state index contributed by atoms with van der Waals surface area (Å²) in [5.41, 5.74) is 0. The van der Waals surface area contributed by atoms with Crippen LogP contribution in [0, 0.1) is 0 Å². The van der Waals surface area contributed by atoms with Crippen LogP contribution in [0.4, 0.5) is 0 Å². The maximum Gasteiger partial charge on any atom is 0.0160 e. The molecule has 0 aromatic rings. The highest BCUT2D eigenvalue weighted by Crippen LogP contribution is 2.24. The van der Waals surface area contributed by atoms with Crippen molar-refractivity contribution in [1.82, 2.24) is 0 Å². The van der Waals surface area contributed by atoms with Crippen molar-refractivity contribution in [3.05, 3.63) is 0 Å². The van der Waals surface area contributed by atoms with Crippen molar-refractivity contribution >= 4 is 23.5 Å². The molecule has 0 fully saturated rings. The van der Waals surface area contributed by atoms with Crippen LogP contribution in [0.3, 0.4) is 0 Å². The SMILES string of the molecule is CCC[C@@H](SC)[C@H](C)SC. The van der Waals surface area contributed by atoms with Crippen LogP contribution in [-0.2, 0) is 0 Å². The van der Waals surface area contributed by atoms with Crippen LogP contribution >= 0.6 is 23.5 Å². The number of rotatable bonds is 5. The standard InChI is InChI=1S/C8H18S2/c1-5-6-8(10-4)7(2)9-3/h7-8H,5-6H2,1-4H3/t7-,8+/m0/s1. The summed E-state index contributed by atoms with van der Waals surface area (Å²) in [4.78, 5) is 0. The Morgan fingerprint density at radius 3 is 2.10 bits per heavy atom. The van der Waals surface area contributed by atoms with Crippen LogP contribution in [0.1, 0.15) is 26.7 Å². The molecule has 0 amide bonds. The minimum Gasteiger partial charge on any atom is -0.161 e. The molecular weight excluding hydrogens is 160 g/mol. The predicted octanol–water partition coefficient (Wildman–Crippen LogP) is 3.27. The smallest absolute Gasteiger partial charge is 0.0160 e. The molecule has 10 heavy (non-hydrogen) atoms. The molecular formula is C8H18S2. The first-order valence-electron chi connectivity index (χ1n) is 3.81. The Bertz CT molecular complexity index is 73.7. The Labute approximate surface area is 73.5 Å². The third-order valence-electron chi connectivity index (χ3n) is 1.77. The van der Waals surface area contributed by atoms with Crippen molar-refractivity contribution in [2.24, 2.45) is 0 Å². The van der Waals surface area contributed by atoms with Gasteiger partial charge in [-0.15, -0.1) is 0 Å². The van der Waals surface area contributed by atoms with Gasteiger partial charge in [-0.2, -0.15) is 23.5 Å². The van der Waals surface area contributed by atoms with Gasteiger partial charge >= 0.3 is 0 Å². The molecule has 0 heterocycles. The number of hydrogen-bond acceptors (Lipinski definition) is 2. The molecule has 0 unspecified atom stereocenters. The van der Waals surface area contributed by atoms with Crippen LogP contribution in [0.15, 0.2) is 0 Å². The van der Waals surface area contributed by atoms with Crippen molar-refractivity contribution in [2.45, 2.75) is 37.2 Å². The number of hydrogen-bond donors (Lipinski definition) is 0. The van der Waals surface area contributed by atoms with Gasteiger partial charge in [0.2, 0.25) is 0 Å². The van der Waals surface area contributed by atoms with Crippen LogP contribution < -0.4 is 0 Å². The van der Waals surface area contributed by atoms with Gasteiger partial charge in [0.25, 0.3) is 0 Å². The molecule has 0 aliphatic carbocycles. The van der Waals surface area contributed by atoms with Crippen LogP contribution in [0.5, 0.6) is 0 Å². The van der Waals surface area contributed by atoms with Gasteiger partial charge in [0, 0.05) is 10.5 Å². The predicted molar refractivity (Wildman–Crippen MR) is 55.2 cm³/mol. The summed E-state index contributed by atoms with van der Waals surface area (Å²) in [6.45, 7) is 4.58. The Kier molecular flexibility index (Phi) is 6.86. The second-order valence-corrected chi connectivity index (χ2v) is 4.80. The van der Waals surface area contributed by atoms with Crippen LogP contribution in [0.2, 0.25) is 0 Å². The molecule has 0 saturated carbocycles. The summed E-state index contributed by atoms with van der Waals surface area (Å²) >= 11 is 3.98. The van der Waals surface area contributed by atoms with E-state index in [1.54, 1.807) is 0 Å². The van der Waals surface area contributed by atoms with Crippen molar-refractivity contribution in [2.75, 3.05) is 12.5 Å². The Hall–Kier alpha value is 0.700. The van der Waals surface area contributed by atoms with E-state index in [0.29, 0.717) is 0 Å². The zero-order valence-electron chi connectivity index (χ0n) is 7.39. The molecule has 2 atom stereocenters. The minimum atomic E-state index is 0.815. The van der Waals surface area contributed by atoms with E-state index in [0.717, 1.165) is 10.5 Å². The second kappa shape index (κ2) is 6.41. The first-order valence-corrected chi connectivity index (χ1v) is 6.39. The fraction of sp³-hybridized carbons (Fsp3) is 1.00. The molecule has 0 aliphatic rings. The maximum atomic E-state index is 2.32. The molecule has 0 bridgehead atoms. The topological polar surface area (TPSA) is 0 Å². The lowest BCUT2D eigenvalue weighted by molar-refractivity contribution is 0.732. The Morgan fingerprint density at radius 2 is 1.80 bits per heavy atom. The lowest BCUT2D eigenvalue weighted by atomic mass is 10.2. The van der Waals surface area contributed by atoms with E-state index in [-0.39, 0.29) is 0 Å². The summed E-state index contributed by atoms with van der Waals surface area (Å²) in [7, 11) is 0. The van der Waals surface area contributed by atoms with Gasteiger partial charge in [-0.3, -0.25) is 0 Å². The van der Waals surface area contributed by atoms with Crippen LogP contribution in [-0.4, -0.2) is 23.0 Å². The zero-order valence-corrected chi connectivity index (χ0v) is 9.02. The quantitative estimate of drug-likeness (QED) is 0.634. The highest BCUT2D eigenvalue weighted by atomic mass is 32.2. The molecule has 0 aromatic heterocycles. The summed E-state index contributed by atoms with van der Waals surface area (Å²) < 4.78 is 0. The molecule has 0 saturated heterocycles. The van der Waals surface area contributed by atoms with E-state index >= 15 is 0 Å². The first kappa shape index (κ1) is 10.7. The summed E-state index contributed by atoms with van der Waals surface area (Å²) in [6, 6.07) is 0. The largest absolute Gasteiger partial charge is 0.161 e. The van der Waals surface area contributed by atoms with Crippen molar-refractivity contribution in [3.63, 3.8) is 0 Å². The molecule has 0 aromatic carbocycles. The van der Waals surface area contributed by atoms with E-state index in [1.165, 1.54) is 12.8 Å². The highest BCUT2D eigenvalue weighted by molar-refractivity contribution is 8.03. The summed E-state index contributed by atoms with van der Waals surface area (Å²) in [5.74, 6) is 0. The molecule has 0 N–H and O–H groups in total. The van der Waals surface area contributed by atoms with Gasteiger partial charge in [-0.25, -0.2) is 0 Å². The molecule has 0 aliphatic heterocycles. The molecule has 62 valence electrons. The molecule has 0 nitrogen and oxygen atoms in total. The third kappa shape index (κ3) is 3.77. The lowest BCUT2D eigenvalue weighted by Gasteiger charge is -2.19. The average Bonchev–Trinajstić information content (AvgIpc) is 1.99.